The molecule has 0 aromatic rings. The summed E-state index contributed by atoms with van der Waals surface area (Å²) in [6, 6.07) is 0. The fraction of sp³-hybridized carbons (Fsp3) is 0.929. The van der Waals surface area contributed by atoms with E-state index in [1.807, 2.05) is 13.1 Å². The van der Waals surface area contributed by atoms with E-state index in [4.69, 9.17) is 20.8 Å². The summed E-state index contributed by atoms with van der Waals surface area (Å²) in [5.74, 6) is -1.24. The first-order valence-electron chi connectivity index (χ1n) is 7.22. The highest BCUT2D eigenvalue weighted by atomic mass is 35.5. The van der Waals surface area contributed by atoms with Crippen LogP contribution in [0.15, 0.2) is 0 Å². The first-order valence-corrected chi connectivity index (χ1v) is 12.3. The molecular formula is C14H29ClO5SSi. The van der Waals surface area contributed by atoms with Crippen molar-refractivity contribution in [1.82, 2.24) is 0 Å². The third-order valence-corrected chi connectivity index (χ3v) is 10.6. The van der Waals surface area contributed by atoms with Gasteiger partial charge in [-0.15, -0.1) is 0 Å². The molecule has 0 amide bonds. The van der Waals surface area contributed by atoms with Crippen molar-refractivity contribution in [2.24, 2.45) is 0 Å². The molecule has 0 aromatic carbocycles. The number of alkyl halides is 1. The second-order valence-electron chi connectivity index (χ2n) is 7.83. The van der Waals surface area contributed by atoms with Gasteiger partial charge in [0.25, 0.3) is 0 Å². The standard InChI is InChI=1S/C14H29ClO5SSi/c1-13(2,3)20-12(16)11(15)21(17,18)10-9-19-22(7,8)14(4,5)6/h11H,9-10H2,1-8H3. The van der Waals surface area contributed by atoms with Gasteiger partial charge in [-0.05, 0) is 38.9 Å². The minimum Gasteiger partial charge on any atom is -0.458 e. The predicted octanol–water partition coefficient (Wildman–Crippen LogP) is 3.33. The second kappa shape index (κ2) is 7.19. The molecule has 5 nitrogen and oxygen atoms in total. The molecule has 0 aromatic heterocycles. The minimum absolute atomic E-state index is 0.0116. The lowest BCUT2D eigenvalue weighted by Gasteiger charge is -2.36. The van der Waals surface area contributed by atoms with Gasteiger partial charge in [-0.1, -0.05) is 32.4 Å². The van der Waals surface area contributed by atoms with Crippen LogP contribution in [0.4, 0.5) is 0 Å². The van der Waals surface area contributed by atoms with E-state index in [2.05, 4.69) is 20.8 Å². The Morgan fingerprint density at radius 3 is 1.95 bits per heavy atom. The zero-order valence-corrected chi connectivity index (χ0v) is 17.4. The molecule has 0 heterocycles. The molecule has 0 radical (unpaired) electrons. The topological polar surface area (TPSA) is 69.7 Å². The average Bonchev–Trinajstić information content (AvgIpc) is 2.23. The Labute approximate surface area is 140 Å². The van der Waals surface area contributed by atoms with Gasteiger partial charge in [0.2, 0.25) is 4.71 Å². The van der Waals surface area contributed by atoms with Crippen molar-refractivity contribution >= 4 is 35.7 Å². The van der Waals surface area contributed by atoms with Crippen LogP contribution in [0.5, 0.6) is 0 Å². The Morgan fingerprint density at radius 2 is 1.59 bits per heavy atom. The van der Waals surface area contributed by atoms with Crippen molar-refractivity contribution in [2.75, 3.05) is 12.4 Å². The van der Waals surface area contributed by atoms with Crippen LogP contribution in [-0.4, -0.2) is 45.4 Å². The molecule has 132 valence electrons. The Kier molecular flexibility index (Phi) is 7.16. The number of carbonyl (C=O) groups excluding carboxylic acids is 1. The molecule has 0 rings (SSSR count). The van der Waals surface area contributed by atoms with E-state index >= 15 is 0 Å². The van der Waals surface area contributed by atoms with Gasteiger partial charge in [-0.3, -0.25) is 0 Å². The van der Waals surface area contributed by atoms with E-state index in [1.165, 1.54) is 0 Å². The fourth-order valence-corrected chi connectivity index (χ4v) is 3.60. The number of ether oxygens (including phenoxy) is 1. The lowest BCUT2D eigenvalue weighted by Crippen LogP contribution is -2.42. The lowest BCUT2D eigenvalue weighted by molar-refractivity contribution is -0.152. The molecule has 1 atom stereocenters. The van der Waals surface area contributed by atoms with E-state index in [1.54, 1.807) is 20.8 Å². The Morgan fingerprint density at radius 1 is 1.14 bits per heavy atom. The summed E-state index contributed by atoms with van der Waals surface area (Å²) in [6.45, 7) is 15.3. The smallest absolute Gasteiger partial charge is 0.340 e. The normalized spacial score (nSPS) is 15.5. The molecule has 8 heteroatoms. The molecule has 0 saturated carbocycles. The summed E-state index contributed by atoms with van der Waals surface area (Å²) in [6.07, 6.45) is 0. The van der Waals surface area contributed by atoms with Crippen LogP contribution in [0, 0.1) is 0 Å². The van der Waals surface area contributed by atoms with Crippen molar-refractivity contribution < 1.29 is 22.4 Å². The zero-order chi connectivity index (χ0) is 18.0. The Hall–Kier alpha value is -0.113. The van der Waals surface area contributed by atoms with Gasteiger partial charge in [-0.25, -0.2) is 13.2 Å². The number of hydrogen-bond acceptors (Lipinski definition) is 5. The quantitative estimate of drug-likeness (QED) is 0.406. The van der Waals surface area contributed by atoms with Crippen LogP contribution >= 0.6 is 11.6 Å². The van der Waals surface area contributed by atoms with Gasteiger partial charge in [0.15, 0.2) is 18.2 Å². The fourth-order valence-electron chi connectivity index (χ4n) is 1.23. The van der Waals surface area contributed by atoms with Gasteiger partial charge < -0.3 is 9.16 Å². The molecule has 0 saturated heterocycles. The van der Waals surface area contributed by atoms with Crippen molar-refractivity contribution in [2.45, 2.75) is 70.0 Å². The number of hydrogen-bond donors (Lipinski definition) is 0. The highest BCUT2D eigenvalue weighted by molar-refractivity contribution is 7.94. The SMILES string of the molecule is CC(C)(C)OC(=O)C(Cl)S(=O)(=O)CCO[Si](C)(C)C(C)(C)C. The first kappa shape index (κ1) is 21.9. The van der Waals surface area contributed by atoms with Crippen LogP contribution in [0.1, 0.15) is 41.5 Å². The summed E-state index contributed by atoms with van der Waals surface area (Å²) < 4.78 is 33.3. The summed E-state index contributed by atoms with van der Waals surface area (Å²) in [5.41, 5.74) is -0.780. The van der Waals surface area contributed by atoms with Gasteiger partial charge in [-0.2, -0.15) is 0 Å². The van der Waals surface area contributed by atoms with Crippen LogP contribution in [0.2, 0.25) is 18.1 Å². The zero-order valence-electron chi connectivity index (χ0n) is 14.8. The van der Waals surface area contributed by atoms with Gasteiger partial charge in [0.1, 0.15) is 5.60 Å². The Balaban J connectivity index is 4.70. The summed E-state index contributed by atoms with van der Waals surface area (Å²) in [7, 11) is -5.84. The van der Waals surface area contributed by atoms with Crippen LogP contribution in [0.3, 0.4) is 0 Å². The van der Waals surface area contributed by atoms with Gasteiger partial charge >= 0.3 is 5.97 Å². The first-order chi connectivity index (χ1) is 9.50. The molecule has 0 N–H and O–H groups in total. The number of rotatable bonds is 6. The highest BCUT2D eigenvalue weighted by Crippen LogP contribution is 2.36. The van der Waals surface area contributed by atoms with Crippen molar-refractivity contribution in [3.8, 4) is 0 Å². The number of carbonyl (C=O) groups is 1. The number of halogens is 1. The van der Waals surface area contributed by atoms with Crippen molar-refractivity contribution in [3.63, 3.8) is 0 Å². The molecule has 0 aliphatic rings. The van der Waals surface area contributed by atoms with E-state index in [9.17, 15) is 13.2 Å². The summed E-state index contributed by atoms with van der Waals surface area (Å²) in [5, 5.41) is -0.0116. The van der Waals surface area contributed by atoms with Crippen LogP contribution in [-0.2, 0) is 23.8 Å². The van der Waals surface area contributed by atoms with E-state index in [-0.39, 0.29) is 17.4 Å². The molecule has 0 fully saturated rings. The molecule has 0 bridgehead atoms. The summed E-state index contributed by atoms with van der Waals surface area (Å²) >= 11 is 5.76. The molecule has 0 aliphatic carbocycles. The molecular weight excluding hydrogens is 344 g/mol. The van der Waals surface area contributed by atoms with E-state index < -0.39 is 34.4 Å². The predicted molar refractivity (Wildman–Crippen MR) is 92.4 cm³/mol. The summed E-state index contributed by atoms with van der Waals surface area (Å²) in [4.78, 5) is 11.8. The molecule has 0 aliphatic heterocycles. The lowest BCUT2D eigenvalue weighted by atomic mass is 10.2. The maximum absolute atomic E-state index is 12.1. The van der Waals surface area contributed by atoms with E-state index in [0.29, 0.717) is 0 Å². The largest absolute Gasteiger partial charge is 0.458 e. The third-order valence-electron chi connectivity index (χ3n) is 3.54. The minimum atomic E-state index is -3.81. The van der Waals surface area contributed by atoms with Crippen molar-refractivity contribution in [1.29, 1.82) is 0 Å². The molecule has 1 unspecified atom stereocenters. The van der Waals surface area contributed by atoms with Gasteiger partial charge in [0.05, 0.1) is 5.75 Å². The Bertz CT molecular complexity index is 488. The molecule has 0 spiro atoms. The second-order valence-corrected chi connectivity index (χ2v) is 15.5. The van der Waals surface area contributed by atoms with Gasteiger partial charge in [0, 0.05) is 6.61 Å². The molecule has 22 heavy (non-hydrogen) atoms. The van der Waals surface area contributed by atoms with Crippen LogP contribution in [0.25, 0.3) is 0 Å². The monoisotopic (exact) mass is 372 g/mol. The van der Waals surface area contributed by atoms with Crippen molar-refractivity contribution in [3.05, 3.63) is 0 Å². The van der Waals surface area contributed by atoms with E-state index in [0.717, 1.165) is 0 Å². The third kappa shape index (κ3) is 6.98. The van der Waals surface area contributed by atoms with Crippen LogP contribution < -0.4 is 0 Å². The number of esters is 1. The average molecular weight is 373 g/mol. The number of sulfone groups is 1. The maximum Gasteiger partial charge on any atom is 0.340 e. The maximum atomic E-state index is 12.1. The highest BCUT2D eigenvalue weighted by Gasteiger charge is 2.38.